The fourth-order valence-corrected chi connectivity index (χ4v) is 1.31. The Balaban J connectivity index is 2.80. The molecule has 1 atom stereocenters. The van der Waals surface area contributed by atoms with E-state index in [2.05, 4.69) is 21.9 Å². The van der Waals surface area contributed by atoms with Crippen LogP contribution in [0.15, 0.2) is 23.5 Å². The van der Waals surface area contributed by atoms with Crippen molar-refractivity contribution in [2.24, 2.45) is 0 Å². The van der Waals surface area contributed by atoms with Crippen LogP contribution in [-0.2, 0) is 6.42 Å². The lowest BCUT2D eigenvalue weighted by Gasteiger charge is -2.12. The first kappa shape index (κ1) is 11.5. The fourth-order valence-electron chi connectivity index (χ4n) is 1.31. The predicted molar refractivity (Wildman–Crippen MR) is 62.1 cm³/mol. The molecule has 1 aromatic heterocycles. The zero-order valence-corrected chi connectivity index (χ0v) is 9.21. The second kappa shape index (κ2) is 5.34. The lowest BCUT2D eigenvalue weighted by molar-refractivity contribution is 0.798. The smallest absolute Gasteiger partial charge is 0.252 e. The molecule has 0 aliphatic carbocycles. The molecule has 15 heavy (non-hydrogen) atoms. The Morgan fingerprint density at radius 1 is 1.73 bits per heavy atom. The fraction of sp³-hybridized carbons (Fsp3) is 0.455. The first-order valence-electron chi connectivity index (χ1n) is 5.13. The topological polar surface area (TPSA) is 57.8 Å². The summed E-state index contributed by atoms with van der Waals surface area (Å²) in [6, 6.07) is 1.71. The van der Waals surface area contributed by atoms with E-state index >= 15 is 0 Å². The third kappa shape index (κ3) is 3.58. The summed E-state index contributed by atoms with van der Waals surface area (Å²) in [4.78, 5) is 18.2. The summed E-state index contributed by atoms with van der Waals surface area (Å²) in [5, 5.41) is 3.16. The maximum atomic E-state index is 11.3. The van der Waals surface area contributed by atoms with Gasteiger partial charge < -0.3 is 10.3 Å². The highest BCUT2D eigenvalue weighted by molar-refractivity contribution is 5.34. The van der Waals surface area contributed by atoms with Crippen LogP contribution in [0, 0.1) is 0 Å². The minimum atomic E-state index is -0.116. The molecule has 1 unspecified atom stereocenters. The average Bonchev–Trinajstić information content (AvgIpc) is 2.17. The number of H-pyrrole nitrogens is 1. The predicted octanol–water partition coefficient (Wildman–Crippen LogP) is 1.71. The number of aryl methyl sites for hydroxylation is 1. The minimum Gasteiger partial charge on any atom is -0.367 e. The van der Waals surface area contributed by atoms with Gasteiger partial charge >= 0.3 is 0 Å². The molecule has 4 nitrogen and oxygen atoms in total. The van der Waals surface area contributed by atoms with Gasteiger partial charge in [-0.25, -0.2) is 4.98 Å². The first-order chi connectivity index (χ1) is 7.15. The number of rotatable bonds is 5. The van der Waals surface area contributed by atoms with Crippen LogP contribution in [0.25, 0.3) is 0 Å². The van der Waals surface area contributed by atoms with Gasteiger partial charge in [-0.3, -0.25) is 4.79 Å². The Labute approximate surface area is 89.4 Å². The van der Waals surface area contributed by atoms with Crippen molar-refractivity contribution < 1.29 is 0 Å². The number of nitrogens with one attached hydrogen (secondary N) is 2. The Morgan fingerprint density at radius 3 is 3.07 bits per heavy atom. The zero-order valence-electron chi connectivity index (χ0n) is 9.21. The maximum Gasteiger partial charge on any atom is 0.252 e. The molecule has 1 aromatic rings. The van der Waals surface area contributed by atoms with E-state index in [-0.39, 0.29) is 11.6 Å². The van der Waals surface area contributed by atoms with Gasteiger partial charge in [0.2, 0.25) is 0 Å². The van der Waals surface area contributed by atoms with Gasteiger partial charge in [-0.05, 0) is 13.3 Å². The summed E-state index contributed by atoms with van der Waals surface area (Å²) in [5.41, 5.74) is -0.116. The molecule has 0 aromatic carbocycles. The number of aromatic amines is 1. The molecule has 0 amide bonds. The van der Waals surface area contributed by atoms with Crippen LogP contribution in [-0.4, -0.2) is 16.0 Å². The number of nitrogens with zero attached hydrogens (tertiary/aromatic N) is 1. The van der Waals surface area contributed by atoms with E-state index in [1.807, 2.05) is 19.9 Å². The van der Waals surface area contributed by atoms with Gasteiger partial charge in [0.15, 0.2) is 0 Å². The molecule has 0 bridgehead atoms. The molecular weight excluding hydrogens is 190 g/mol. The van der Waals surface area contributed by atoms with Gasteiger partial charge in [0, 0.05) is 18.5 Å². The summed E-state index contributed by atoms with van der Waals surface area (Å²) in [5.74, 6) is 1.33. The van der Waals surface area contributed by atoms with Crippen LogP contribution in [0.2, 0.25) is 0 Å². The molecule has 0 aliphatic heterocycles. The van der Waals surface area contributed by atoms with Crippen molar-refractivity contribution in [3.8, 4) is 0 Å². The summed E-state index contributed by atoms with van der Waals surface area (Å²) in [6.45, 7) is 7.64. The summed E-state index contributed by atoms with van der Waals surface area (Å²) in [6.07, 6.45) is 3.40. The van der Waals surface area contributed by atoms with Crippen LogP contribution in [0.1, 0.15) is 26.1 Å². The van der Waals surface area contributed by atoms with Crippen molar-refractivity contribution in [1.29, 1.82) is 0 Å². The standard InChI is InChI=1S/C11H17N3O/c1-4-6-8(3)12-10-7-11(15)14-9(5-2)13-10/h4,7-8H,1,5-6H2,2-3H3,(H2,12,13,14,15). The summed E-state index contributed by atoms with van der Waals surface area (Å²) in [7, 11) is 0. The van der Waals surface area contributed by atoms with E-state index in [0.717, 1.165) is 12.8 Å². The summed E-state index contributed by atoms with van der Waals surface area (Å²) < 4.78 is 0. The van der Waals surface area contributed by atoms with Gasteiger partial charge in [-0.15, -0.1) is 6.58 Å². The third-order valence-electron chi connectivity index (χ3n) is 2.04. The highest BCUT2D eigenvalue weighted by atomic mass is 16.1. The maximum absolute atomic E-state index is 11.3. The molecule has 0 fully saturated rings. The highest BCUT2D eigenvalue weighted by Crippen LogP contribution is 2.04. The number of hydrogen-bond acceptors (Lipinski definition) is 3. The van der Waals surface area contributed by atoms with Crippen LogP contribution in [0.3, 0.4) is 0 Å². The van der Waals surface area contributed by atoms with Crippen molar-refractivity contribution in [1.82, 2.24) is 9.97 Å². The lowest BCUT2D eigenvalue weighted by atomic mass is 10.2. The van der Waals surface area contributed by atoms with E-state index in [0.29, 0.717) is 11.6 Å². The Hall–Kier alpha value is -1.58. The largest absolute Gasteiger partial charge is 0.367 e. The van der Waals surface area contributed by atoms with Crippen molar-refractivity contribution >= 4 is 5.82 Å². The molecule has 2 N–H and O–H groups in total. The third-order valence-corrected chi connectivity index (χ3v) is 2.04. The Morgan fingerprint density at radius 2 is 2.47 bits per heavy atom. The Bertz CT molecular complexity index is 384. The quantitative estimate of drug-likeness (QED) is 0.723. The van der Waals surface area contributed by atoms with Gasteiger partial charge in [0.1, 0.15) is 11.6 Å². The van der Waals surface area contributed by atoms with Crippen LogP contribution in [0.5, 0.6) is 0 Å². The minimum absolute atomic E-state index is 0.116. The lowest BCUT2D eigenvalue weighted by Crippen LogP contribution is -2.19. The Kier molecular flexibility index (Phi) is 4.09. The number of anilines is 1. The van der Waals surface area contributed by atoms with Gasteiger partial charge in [-0.2, -0.15) is 0 Å². The average molecular weight is 207 g/mol. The van der Waals surface area contributed by atoms with Gasteiger partial charge in [0.25, 0.3) is 5.56 Å². The van der Waals surface area contributed by atoms with Crippen molar-refractivity contribution in [2.75, 3.05) is 5.32 Å². The zero-order chi connectivity index (χ0) is 11.3. The second-order valence-corrected chi connectivity index (χ2v) is 3.50. The van der Waals surface area contributed by atoms with Crippen molar-refractivity contribution in [3.05, 3.63) is 34.9 Å². The van der Waals surface area contributed by atoms with E-state index in [9.17, 15) is 4.79 Å². The molecule has 0 saturated heterocycles. The second-order valence-electron chi connectivity index (χ2n) is 3.50. The van der Waals surface area contributed by atoms with E-state index < -0.39 is 0 Å². The van der Waals surface area contributed by atoms with Crippen molar-refractivity contribution in [3.63, 3.8) is 0 Å². The molecule has 0 spiro atoms. The molecular formula is C11H17N3O. The summed E-state index contributed by atoms with van der Waals surface area (Å²) >= 11 is 0. The molecule has 1 heterocycles. The molecule has 1 rings (SSSR count). The van der Waals surface area contributed by atoms with Gasteiger partial charge in [0.05, 0.1) is 0 Å². The monoisotopic (exact) mass is 207 g/mol. The molecule has 0 radical (unpaired) electrons. The molecule has 0 aliphatic rings. The highest BCUT2D eigenvalue weighted by Gasteiger charge is 2.03. The number of hydrogen-bond donors (Lipinski definition) is 2. The molecule has 0 saturated carbocycles. The molecule has 4 heteroatoms. The van der Waals surface area contributed by atoms with Gasteiger partial charge in [-0.1, -0.05) is 13.0 Å². The van der Waals surface area contributed by atoms with Crippen LogP contribution >= 0.6 is 0 Å². The van der Waals surface area contributed by atoms with Crippen LogP contribution < -0.4 is 10.9 Å². The van der Waals surface area contributed by atoms with Crippen LogP contribution in [0.4, 0.5) is 5.82 Å². The van der Waals surface area contributed by atoms with Crippen molar-refractivity contribution in [2.45, 2.75) is 32.7 Å². The SMILES string of the molecule is C=CCC(C)Nc1cc(=O)[nH]c(CC)n1. The molecule has 82 valence electrons. The van der Waals surface area contributed by atoms with E-state index in [4.69, 9.17) is 0 Å². The normalized spacial score (nSPS) is 12.1. The van der Waals surface area contributed by atoms with E-state index in [1.165, 1.54) is 6.07 Å². The van der Waals surface area contributed by atoms with E-state index in [1.54, 1.807) is 0 Å². The number of aromatic nitrogens is 2. The first-order valence-corrected chi connectivity index (χ1v) is 5.13.